The van der Waals surface area contributed by atoms with Gasteiger partial charge in [0.15, 0.2) is 0 Å². The van der Waals surface area contributed by atoms with Crippen LogP contribution in [0.4, 0.5) is 5.82 Å². The molecule has 0 radical (unpaired) electrons. The molecule has 1 saturated heterocycles. The van der Waals surface area contributed by atoms with Crippen molar-refractivity contribution in [2.75, 3.05) is 32.2 Å². The standard InChI is InChI=1S/C19H25N3O2/c1-23-17-11-15(12-18(13-17)24-2)14-21-16-6-9-22(10-7-16)19-5-3-4-8-20-19/h3-5,8,11-13,16,21H,6-7,9-10,14H2,1-2H3. The number of nitrogens with zero attached hydrogens (tertiary/aromatic N) is 2. The highest BCUT2D eigenvalue weighted by Gasteiger charge is 2.19. The predicted octanol–water partition coefficient (Wildman–Crippen LogP) is 2.86. The van der Waals surface area contributed by atoms with E-state index in [9.17, 15) is 0 Å². The third-order valence-electron chi connectivity index (χ3n) is 4.47. The van der Waals surface area contributed by atoms with Gasteiger partial charge in [-0.15, -0.1) is 0 Å². The first-order valence-corrected chi connectivity index (χ1v) is 8.40. The minimum Gasteiger partial charge on any atom is -0.497 e. The minimum atomic E-state index is 0.530. The van der Waals surface area contributed by atoms with E-state index in [0.717, 1.165) is 49.8 Å². The predicted molar refractivity (Wildman–Crippen MR) is 95.9 cm³/mol. The zero-order valence-corrected chi connectivity index (χ0v) is 14.4. The topological polar surface area (TPSA) is 46.6 Å². The zero-order chi connectivity index (χ0) is 16.8. The molecule has 3 rings (SSSR count). The van der Waals surface area contributed by atoms with Crippen molar-refractivity contribution < 1.29 is 9.47 Å². The van der Waals surface area contributed by atoms with Gasteiger partial charge in [-0.2, -0.15) is 0 Å². The molecule has 0 aliphatic carbocycles. The molecule has 1 aromatic heterocycles. The van der Waals surface area contributed by atoms with Crippen LogP contribution < -0.4 is 19.7 Å². The van der Waals surface area contributed by atoms with Crippen LogP contribution in [0.1, 0.15) is 18.4 Å². The summed E-state index contributed by atoms with van der Waals surface area (Å²) in [5, 5.41) is 3.65. The largest absolute Gasteiger partial charge is 0.497 e. The van der Waals surface area contributed by atoms with Crippen LogP contribution >= 0.6 is 0 Å². The Kier molecular flexibility index (Phi) is 5.54. The molecule has 5 heteroatoms. The Morgan fingerprint density at radius 3 is 2.38 bits per heavy atom. The van der Waals surface area contributed by atoms with E-state index in [1.807, 2.05) is 24.4 Å². The molecule has 1 N–H and O–H groups in total. The molecule has 2 aromatic rings. The first-order valence-electron chi connectivity index (χ1n) is 8.40. The molecule has 0 unspecified atom stereocenters. The Balaban J connectivity index is 1.52. The summed E-state index contributed by atoms with van der Waals surface area (Å²) in [6, 6.07) is 12.6. The van der Waals surface area contributed by atoms with Gasteiger partial charge in [0.1, 0.15) is 17.3 Å². The molecule has 128 valence electrons. The van der Waals surface area contributed by atoms with Gasteiger partial charge in [-0.3, -0.25) is 0 Å². The summed E-state index contributed by atoms with van der Waals surface area (Å²) in [7, 11) is 3.36. The van der Waals surface area contributed by atoms with Crippen molar-refractivity contribution >= 4 is 5.82 Å². The second kappa shape index (κ2) is 8.02. The maximum Gasteiger partial charge on any atom is 0.128 e. The molecule has 1 aromatic carbocycles. The maximum atomic E-state index is 5.33. The Morgan fingerprint density at radius 2 is 1.79 bits per heavy atom. The smallest absolute Gasteiger partial charge is 0.128 e. The van der Waals surface area contributed by atoms with Crippen molar-refractivity contribution in [3.8, 4) is 11.5 Å². The van der Waals surface area contributed by atoms with Crippen molar-refractivity contribution in [2.45, 2.75) is 25.4 Å². The van der Waals surface area contributed by atoms with E-state index in [2.05, 4.69) is 33.4 Å². The number of hydrogen-bond donors (Lipinski definition) is 1. The fraction of sp³-hybridized carbons (Fsp3) is 0.421. The normalized spacial score (nSPS) is 15.3. The number of nitrogens with one attached hydrogen (secondary N) is 1. The van der Waals surface area contributed by atoms with E-state index in [4.69, 9.17) is 9.47 Å². The lowest BCUT2D eigenvalue weighted by Gasteiger charge is -2.33. The van der Waals surface area contributed by atoms with Gasteiger partial charge in [-0.05, 0) is 42.7 Å². The number of hydrogen-bond acceptors (Lipinski definition) is 5. The molecule has 0 amide bonds. The van der Waals surface area contributed by atoms with Crippen LogP contribution in [-0.2, 0) is 6.54 Å². The average Bonchev–Trinajstić information content (AvgIpc) is 2.67. The van der Waals surface area contributed by atoms with Gasteiger partial charge in [-0.25, -0.2) is 4.98 Å². The van der Waals surface area contributed by atoms with Crippen LogP contribution in [0.15, 0.2) is 42.6 Å². The Labute approximate surface area is 143 Å². The maximum absolute atomic E-state index is 5.33. The van der Waals surface area contributed by atoms with Gasteiger partial charge < -0.3 is 19.7 Å². The van der Waals surface area contributed by atoms with Crippen LogP contribution in [0.5, 0.6) is 11.5 Å². The number of ether oxygens (including phenoxy) is 2. The molecular formula is C19H25N3O2. The van der Waals surface area contributed by atoms with Gasteiger partial charge in [0.25, 0.3) is 0 Å². The summed E-state index contributed by atoms with van der Waals surface area (Å²) in [5.74, 6) is 2.74. The summed E-state index contributed by atoms with van der Waals surface area (Å²) in [4.78, 5) is 6.79. The monoisotopic (exact) mass is 327 g/mol. The van der Waals surface area contributed by atoms with Crippen molar-refractivity contribution in [3.05, 3.63) is 48.2 Å². The van der Waals surface area contributed by atoms with Gasteiger partial charge >= 0.3 is 0 Å². The van der Waals surface area contributed by atoms with Gasteiger partial charge in [-0.1, -0.05) is 6.07 Å². The average molecular weight is 327 g/mol. The lowest BCUT2D eigenvalue weighted by Crippen LogP contribution is -2.42. The van der Waals surface area contributed by atoms with E-state index in [1.165, 1.54) is 5.56 Å². The number of pyridine rings is 1. The number of piperidine rings is 1. The number of anilines is 1. The van der Waals surface area contributed by atoms with E-state index in [0.29, 0.717) is 6.04 Å². The molecule has 0 spiro atoms. The van der Waals surface area contributed by atoms with Crippen molar-refractivity contribution in [1.29, 1.82) is 0 Å². The highest BCUT2D eigenvalue weighted by atomic mass is 16.5. The highest BCUT2D eigenvalue weighted by Crippen LogP contribution is 2.23. The van der Waals surface area contributed by atoms with E-state index < -0.39 is 0 Å². The zero-order valence-electron chi connectivity index (χ0n) is 14.4. The quantitative estimate of drug-likeness (QED) is 0.884. The molecule has 0 atom stereocenters. The van der Waals surface area contributed by atoms with Gasteiger partial charge in [0, 0.05) is 37.9 Å². The number of aromatic nitrogens is 1. The highest BCUT2D eigenvalue weighted by molar-refractivity contribution is 5.39. The first-order chi connectivity index (χ1) is 11.8. The van der Waals surface area contributed by atoms with Gasteiger partial charge in [0.05, 0.1) is 14.2 Å². The van der Waals surface area contributed by atoms with Crippen LogP contribution in [0.2, 0.25) is 0 Å². The molecule has 1 aliphatic heterocycles. The van der Waals surface area contributed by atoms with Crippen LogP contribution in [-0.4, -0.2) is 38.3 Å². The number of methoxy groups -OCH3 is 2. The number of benzene rings is 1. The second-order valence-corrected chi connectivity index (χ2v) is 6.05. The van der Waals surface area contributed by atoms with E-state index in [-0.39, 0.29) is 0 Å². The molecular weight excluding hydrogens is 302 g/mol. The summed E-state index contributed by atoms with van der Waals surface area (Å²) >= 11 is 0. The number of rotatable bonds is 6. The van der Waals surface area contributed by atoms with Crippen LogP contribution in [0.25, 0.3) is 0 Å². The molecule has 1 aliphatic rings. The van der Waals surface area contributed by atoms with Crippen LogP contribution in [0.3, 0.4) is 0 Å². The second-order valence-electron chi connectivity index (χ2n) is 6.05. The summed E-state index contributed by atoms with van der Waals surface area (Å²) in [6.45, 7) is 2.90. The Hall–Kier alpha value is -2.27. The Morgan fingerprint density at radius 1 is 1.08 bits per heavy atom. The van der Waals surface area contributed by atoms with Crippen molar-refractivity contribution in [3.63, 3.8) is 0 Å². The summed E-state index contributed by atoms with van der Waals surface area (Å²) < 4.78 is 10.7. The SMILES string of the molecule is COc1cc(CNC2CCN(c3ccccn3)CC2)cc(OC)c1. The Bertz CT molecular complexity index is 618. The van der Waals surface area contributed by atoms with Crippen LogP contribution in [0, 0.1) is 0 Å². The molecule has 0 saturated carbocycles. The summed E-state index contributed by atoms with van der Waals surface area (Å²) in [6.07, 6.45) is 4.10. The lowest BCUT2D eigenvalue weighted by atomic mass is 10.0. The lowest BCUT2D eigenvalue weighted by molar-refractivity contribution is 0.389. The van der Waals surface area contributed by atoms with E-state index >= 15 is 0 Å². The van der Waals surface area contributed by atoms with E-state index in [1.54, 1.807) is 14.2 Å². The molecule has 0 bridgehead atoms. The molecule has 2 heterocycles. The third kappa shape index (κ3) is 4.17. The van der Waals surface area contributed by atoms with Crippen molar-refractivity contribution in [1.82, 2.24) is 10.3 Å². The molecule has 24 heavy (non-hydrogen) atoms. The van der Waals surface area contributed by atoms with Gasteiger partial charge in [0.2, 0.25) is 0 Å². The fourth-order valence-corrected chi connectivity index (χ4v) is 3.08. The van der Waals surface area contributed by atoms with Crippen molar-refractivity contribution in [2.24, 2.45) is 0 Å². The first kappa shape index (κ1) is 16.6. The molecule has 1 fully saturated rings. The minimum absolute atomic E-state index is 0.530. The third-order valence-corrected chi connectivity index (χ3v) is 4.47. The summed E-state index contributed by atoms with van der Waals surface area (Å²) in [5.41, 5.74) is 1.18. The molecule has 5 nitrogen and oxygen atoms in total. The fourth-order valence-electron chi connectivity index (χ4n) is 3.08.